The molecule has 3 aliphatic rings. The van der Waals surface area contributed by atoms with Crippen LogP contribution in [0.3, 0.4) is 0 Å². The largest absolute Gasteiger partial charge is 0.378 e. The minimum atomic E-state index is 0.00991. The number of nitrogens with zero attached hydrogens (tertiary/aromatic N) is 3. The quantitative estimate of drug-likeness (QED) is 0.690. The van der Waals surface area contributed by atoms with Gasteiger partial charge in [-0.25, -0.2) is 0 Å². The molecule has 1 aliphatic carbocycles. The first kappa shape index (κ1) is 21.2. The van der Waals surface area contributed by atoms with E-state index in [1.165, 1.54) is 0 Å². The number of carbonyl (C=O) groups is 2. The lowest BCUT2D eigenvalue weighted by molar-refractivity contribution is -0.142. The van der Waals surface area contributed by atoms with Gasteiger partial charge in [0.15, 0.2) is 0 Å². The number of rotatable bonds is 7. The molecule has 1 atom stereocenters. The first-order valence-electron chi connectivity index (χ1n) is 11.5. The molecule has 0 aromatic heterocycles. The number of hydrogen-bond donors (Lipinski definition) is 0. The maximum absolute atomic E-state index is 13.4. The van der Waals surface area contributed by atoms with Gasteiger partial charge in [-0.15, -0.1) is 0 Å². The summed E-state index contributed by atoms with van der Waals surface area (Å²) in [6.07, 6.45) is 5.88. The number of benzene rings is 1. The van der Waals surface area contributed by atoms with Crippen LogP contribution < -0.4 is 4.90 Å². The van der Waals surface area contributed by atoms with Crippen molar-refractivity contribution in [1.29, 1.82) is 0 Å². The molecule has 1 aromatic rings. The van der Waals surface area contributed by atoms with E-state index in [0.29, 0.717) is 19.0 Å². The lowest BCUT2D eigenvalue weighted by Crippen LogP contribution is -2.46. The monoisotopic (exact) mass is 413 g/mol. The second kappa shape index (κ2) is 9.38. The van der Waals surface area contributed by atoms with E-state index in [1.807, 2.05) is 23.9 Å². The van der Waals surface area contributed by atoms with E-state index in [9.17, 15) is 9.59 Å². The van der Waals surface area contributed by atoms with Gasteiger partial charge in [0.25, 0.3) is 0 Å². The Kier molecular flexibility index (Phi) is 6.61. The maximum Gasteiger partial charge on any atom is 0.226 e. The van der Waals surface area contributed by atoms with Crippen LogP contribution in [0.2, 0.25) is 0 Å². The molecule has 0 radical (unpaired) electrons. The fourth-order valence-corrected chi connectivity index (χ4v) is 4.58. The minimum Gasteiger partial charge on any atom is -0.378 e. The Hall–Kier alpha value is -2.08. The maximum atomic E-state index is 13.4. The zero-order chi connectivity index (χ0) is 21.1. The Morgan fingerprint density at radius 1 is 1.00 bits per heavy atom. The van der Waals surface area contributed by atoms with Gasteiger partial charge in [-0.1, -0.05) is 12.1 Å². The zero-order valence-electron chi connectivity index (χ0n) is 18.4. The third kappa shape index (κ3) is 5.15. The van der Waals surface area contributed by atoms with Gasteiger partial charge in [0, 0.05) is 64.4 Å². The summed E-state index contributed by atoms with van der Waals surface area (Å²) in [6, 6.07) is 8.43. The number of amides is 2. The van der Waals surface area contributed by atoms with Crippen LogP contribution in [0.1, 0.15) is 44.1 Å². The van der Waals surface area contributed by atoms with Crippen molar-refractivity contribution >= 4 is 17.5 Å². The van der Waals surface area contributed by atoms with E-state index in [1.54, 1.807) is 0 Å². The third-order valence-electron chi connectivity index (χ3n) is 6.67. The fraction of sp³-hybridized carbons (Fsp3) is 0.667. The first-order valence-corrected chi connectivity index (χ1v) is 11.5. The van der Waals surface area contributed by atoms with Gasteiger partial charge in [-0.05, 0) is 56.2 Å². The van der Waals surface area contributed by atoms with Crippen LogP contribution in [0.25, 0.3) is 0 Å². The first-order chi connectivity index (χ1) is 14.5. The lowest BCUT2D eigenvalue weighted by atomic mass is 9.94. The van der Waals surface area contributed by atoms with Gasteiger partial charge < -0.3 is 19.4 Å². The van der Waals surface area contributed by atoms with Crippen molar-refractivity contribution in [3.05, 3.63) is 29.8 Å². The molecule has 0 spiro atoms. The molecule has 3 fully saturated rings. The van der Waals surface area contributed by atoms with Crippen molar-refractivity contribution in [1.82, 2.24) is 9.80 Å². The van der Waals surface area contributed by atoms with Crippen molar-refractivity contribution in [2.45, 2.75) is 51.2 Å². The average molecular weight is 414 g/mol. The van der Waals surface area contributed by atoms with Gasteiger partial charge in [-0.2, -0.15) is 0 Å². The molecule has 164 valence electrons. The van der Waals surface area contributed by atoms with Gasteiger partial charge >= 0.3 is 0 Å². The molecule has 4 rings (SSSR count). The van der Waals surface area contributed by atoms with Gasteiger partial charge in [-0.3, -0.25) is 9.59 Å². The summed E-state index contributed by atoms with van der Waals surface area (Å²) in [6.45, 7) is 3.52. The molecule has 2 aliphatic heterocycles. The molecule has 6 heteroatoms. The van der Waals surface area contributed by atoms with Crippen LogP contribution in [-0.2, 0) is 20.9 Å². The topological polar surface area (TPSA) is 53.1 Å². The number of anilines is 1. The van der Waals surface area contributed by atoms with Crippen molar-refractivity contribution in [2.75, 3.05) is 45.2 Å². The lowest BCUT2D eigenvalue weighted by Gasteiger charge is -2.35. The molecule has 0 bridgehead atoms. The predicted octanol–water partition coefficient (Wildman–Crippen LogP) is 2.91. The van der Waals surface area contributed by atoms with E-state index in [0.717, 1.165) is 69.5 Å². The molecular weight excluding hydrogens is 378 g/mol. The van der Waals surface area contributed by atoms with Crippen LogP contribution in [0, 0.1) is 11.8 Å². The van der Waals surface area contributed by atoms with Crippen LogP contribution in [0.4, 0.5) is 5.69 Å². The molecule has 1 unspecified atom stereocenters. The smallest absolute Gasteiger partial charge is 0.226 e. The number of carbonyl (C=O) groups excluding carboxylic acids is 2. The zero-order valence-corrected chi connectivity index (χ0v) is 18.4. The van der Waals surface area contributed by atoms with Crippen molar-refractivity contribution in [3.63, 3.8) is 0 Å². The van der Waals surface area contributed by atoms with E-state index < -0.39 is 0 Å². The van der Waals surface area contributed by atoms with E-state index in [4.69, 9.17) is 4.74 Å². The average Bonchev–Trinajstić information content (AvgIpc) is 3.49. The van der Waals surface area contributed by atoms with Crippen molar-refractivity contribution < 1.29 is 14.3 Å². The summed E-state index contributed by atoms with van der Waals surface area (Å²) < 4.78 is 5.84. The van der Waals surface area contributed by atoms with E-state index in [2.05, 4.69) is 29.2 Å². The van der Waals surface area contributed by atoms with Gasteiger partial charge in [0.1, 0.15) is 0 Å². The SMILES string of the molecule is CN(C)c1ccc(CN(CC2CCCO2)C(=O)C2CCN(C(=O)C3CC3)CC2)cc1. The Balaban J connectivity index is 1.39. The third-order valence-corrected chi connectivity index (χ3v) is 6.67. The highest BCUT2D eigenvalue weighted by Crippen LogP contribution is 2.33. The number of likely N-dealkylation sites (tertiary alicyclic amines) is 1. The minimum absolute atomic E-state index is 0.00991. The Bertz CT molecular complexity index is 731. The number of hydrogen-bond acceptors (Lipinski definition) is 4. The fourth-order valence-electron chi connectivity index (χ4n) is 4.58. The number of piperidine rings is 1. The Labute approximate surface area is 180 Å². The van der Waals surface area contributed by atoms with E-state index >= 15 is 0 Å². The summed E-state index contributed by atoms with van der Waals surface area (Å²) in [5, 5.41) is 0. The highest BCUT2D eigenvalue weighted by molar-refractivity contribution is 5.82. The van der Waals surface area contributed by atoms with Gasteiger partial charge in [0.2, 0.25) is 11.8 Å². The highest BCUT2D eigenvalue weighted by atomic mass is 16.5. The molecule has 6 nitrogen and oxygen atoms in total. The van der Waals surface area contributed by atoms with Crippen LogP contribution in [0.15, 0.2) is 24.3 Å². The van der Waals surface area contributed by atoms with Crippen molar-refractivity contribution in [3.8, 4) is 0 Å². The van der Waals surface area contributed by atoms with Crippen LogP contribution in [0.5, 0.6) is 0 Å². The molecule has 2 heterocycles. The Morgan fingerprint density at radius 3 is 2.27 bits per heavy atom. The standard InChI is InChI=1S/C24H35N3O3/c1-25(2)21-9-5-18(6-10-21)16-27(17-22-4-3-15-30-22)24(29)20-11-13-26(14-12-20)23(28)19-7-8-19/h5-6,9-10,19-20,22H,3-4,7-8,11-17H2,1-2H3. The van der Waals surface area contributed by atoms with E-state index in [-0.39, 0.29) is 23.8 Å². The summed E-state index contributed by atoms with van der Waals surface area (Å²) in [7, 11) is 4.06. The molecule has 1 saturated carbocycles. The Morgan fingerprint density at radius 2 is 1.70 bits per heavy atom. The second-order valence-electron chi connectivity index (χ2n) is 9.29. The molecule has 1 aromatic carbocycles. The highest BCUT2D eigenvalue weighted by Gasteiger charge is 2.37. The molecule has 2 saturated heterocycles. The molecule has 30 heavy (non-hydrogen) atoms. The van der Waals surface area contributed by atoms with Crippen molar-refractivity contribution in [2.24, 2.45) is 11.8 Å². The molecule has 0 N–H and O–H groups in total. The molecular formula is C24H35N3O3. The summed E-state index contributed by atoms with van der Waals surface area (Å²) in [4.78, 5) is 31.8. The number of ether oxygens (including phenoxy) is 1. The van der Waals surface area contributed by atoms with Crippen LogP contribution in [-0.4, -0.2) is 68.1 Å². The predicted molar refractivity (Wildman–Crippen MR) is 117 cm³/mol. The second-order valence-corrected chi connectivity index (χ2v) is 9.29. The van der Waals surface area contributed by atoms with Gasteiger partial charge in [0.05, 0.1) is 6.10 Å². The summed E-state index contributed by atoms with van der Waals surface area (Å²) >= 11 is 0. The molecule has 2 amide bonds. The summed E-state index contributed by atoms with van der Waals surface area (Å²) in [5.41, 5.74) is 2.30. The normalized spacial score (nSPS) is 22.2. The summed E-state index contributed by atoms with van der Waals surface area (Å²) in [5.74, 6) is 0.799. The van der Waals surface area contributed by atoms with Crippen LogP contribution >= 0.6 is 0 Å².